The molecule has 1 heterocycles. The number of sulfonamides is 1. The van der Waals surface area contributed by atoms with Crippen molar-refractivity contribution >= 4 is 27.3 Å². The molecule has 1 aliphatic carbocycles. The minimum atomic E-state index is -3.55. The minimum absolute atomic E-state index is 0.466. The fraction of sp³-hybridized carbons (Fsp3) is 0.583. The van der Waals surface area contributed by atoms with E-state index in [9.17, 15) is 13.2 Å². The molecule has 1 aromatic rings. The first-order chi connectivity index (χ1) is 8.33. The zero-order valence-corrected chi connectivity index (χ0v) is 12.4. The Bertz CT molecular complexity index is 582. The fourth-order valence-corrected chi connectivity index (χ4v) is 4.43. The Labute approximate surface area is 111 Å². The van der Waals surface area contributed by atoms with Crippen LogP contribution < -0.4 is 4.72 Å². The van der Waals surface area contributed by atoms with Gasteiger partial charge in [0.1, 0.15) is 0 Å². The van der Waals surface area contributed by atoms with Crippen molar-refractivity contribution < 1.29 is 13.2 Å². The van der Waals surface area contributed by atoms with Gasteiger partial charge in [0.15, 0.2) is 0 Å². The molecule has 1 aliphatic rings. The van der Waals surface area contributed by atoms with Gasteiger partial charge in [0.25, 0.3) is 5.91 Å². The van der Waals surface area contributed by atoms with E-state index in [1.807, 2.05) is 20.8 Å². The molecule has 0 aromatic carbocycles. The highest BCUT2D eigenvalue weighted by molar-refractivity contribution is 7.91. The molecule has 0 unspecified atom stereocenters. The van der Waals surface area contributed by atoms with E-state index in [2.05, 4.69) is 4.72 Å². The van der Waals surface area contributed by atoms with Crippen LogP contribution in [0.5, 0.6) is 0 Å². The second kappa shape index (κ2) is 4.35. The Morgan fingerprint density at radius 1 is 1.44 bits per heavy atom. The van der Waals surface area contributed by atoms with E-state index < -0.39 is 20.7 Å². The predicted molar refractivity (Wildman–Crippen MR) is 72.4 cm³/mol. The van der Waals surface area contributed by atoms with Crippen molar-refractivity contribution in [2.24, 2.45) is 0 Å². The van der Waals surface area contributed by atoms with E-state index in [1.54, 1.807) is 5.38 Å². The molecule has 2 rings (SSSR count). The van der Waals surface area contributed by atoms with Crippen LogP contribution in [0.1, 0.15) is 47.0 Å². The molecule has 0 aliphatic heterocycles. The number of carbonyl (C=O) groups excluding carboxylic acids is 1. The lowest BCUT2D eigenvalue weighted by Crippen LogP contribution is -2.39. The molecule has 1 N–H and O–H groups in total. The van der Waals surface area contributed by atoms with Gasteiger partial charge in [-0.3, -0.25) is 4.79 Å². The third-order valence-electron chi connectivity index (χ3n) is 3.78. The zero-order chi connectivity index (χ0) is 13.6. The second-order valence-corrected chi connectivity index (χ2v) is 7.96. The van der Waals surface area contributed by atoms with E-state index in [0.29, 0.717) is 24.8 Å². The summed E-state index contributed by atoms with van der Waals surface area (Å²) in [5, 5.41) is 1.71. The van der Waals surface area contributed by atoms with Crippen LogP contribution in [0.4, 0.5) is 0 Å². The number of thiophene rings is 1. The third-order valence-corrected chi connectivity index (χ3v) is 7.08. The highest BCUT2D eigenvalue weighted by atomic mass is 32.2. The number of nitrogens with one attached hydrogen (secondary N) is 1. The lowest BCUT2D eigenvalue weighted by atomic mass is 10.2. The molecular formula is C12H17NO3S2. The summed E-state index contributed by atoms with van der Waals surface area (Å²) < 4.78 is 25.8. The second-order valence-electron chi connectivity index (χ2n) is 4.80. The van der Waals surface area contributed by atoms with Crippen LogP contribution in [0.15, 0.2) is 5.38 Å². The van der Waals surface area contributed by atoms with Gasteiger partial charge in [0.05, 0.1) is 10.3 Å². The maximum Gasteiger partial charge on any atom is 0.265 e. The van der Waals surface area contributed by atoms with Crippen LogP contribution in [0.3, 0.4) is 0 Å². The van der Waals surface area contributed by atoms with Crippen molar-refractivity contribution in [3.8, 4) is 0 Å². The SMILES string of the molecule is CCC1(S(=O)(=O)NC(=O)c2csc(C)c2C)CC1. The number of carbonyl (C=O) groups is 1. The van der Waals surface area contributed by atoms with Crippen LogP contribution >= 0.6 is 11.3 Å². The summed E-state index contributed by atoms with van der Waals surface area (Å²) in [6.45, 7) is 5.59. The number of hydrogen-bond acceptors (Lipinski definition) is 4. The summed E-state index contributed by atoms with van der Waals surface area (Å²) in [6.07, 6.45) is 1.85. The van der Waals surface area contributed by atoms with Crippen LogP contribution in [-0.2, 0) is 10.0 Å². The summed E-state index contributed by atoms with van der Waals surface area (Å²) in [6, 6.07) is 0. The van der Waals surface area contributed by atoms with Gasteiger partial charge in [-0.05, 0) is 38.7 Å². The first kappa shape index (κ1) is 13.5. The molecule has 1 saturated carbocycles. The Balaban J connectivity index is 2.20. The van der Waals surface area contributed by atoms with E-state index in [0.717, 1.165) is 10.4 Å². The van der Waals surface area contributed by atoms with Crippen LogP contribution in [-0.4, -0.2) is 19.1 Å². The summed E-state index contributed by atoms with van der Waals surface area (Å²) in [7, 11) is -3.55. The number of hydrogen-bond donors (Lipinski definition) is 1. The predicted octanol–water partition coefficient (Wildman–Crippen LogP) is 2.37. The Morgan fingerprint density at radius 3 is 2.44 bits per heavy atom. The number of aryl methyl sites for hydroxylation is 1. The molecule has 0 radical (unpaired) electrons. The van der Waals surface area contributed by atoms with Crippen molar-refractivity contribution in [3.63, 3.8) is 0 Å². The topological polar surface area (TPSA) is 63.2 Å². The normalized spacial score (nSPS) is 17.5. The molecule has 18 heavy (non-hydrogen) atoms. The lowest BCUT2D eigenvalue weighted by molar-refractivity contribution is 0.0980. The van der Waals surface area contributed by atoms with Gasteiger partial charge in [-0.1, -0.05) is 6.92 Å². The zero-order valence-electron chi connectivity index (χ0n) is 10.7. The summed E-state index contributed by atoms with van der Waals surface area (Å²) in [5.74, 6) is -0.503. The van der Waals surface area contributed by atoms with Gasteiger partial charge in [-0.15, -0.1) is 11.3 Å². The van der Waals surface area contributed by atoms with Gasteiger partial charge < -0.3 is 0 Å². The van der Waals surface area contributed by atoms with E-state index in [1.165, 1.54) is 11.3 Å². The number of rotatable bonds is 4. The van der Waals surface area contributed by atoms with E-state index in [-0.39, 0.29) is 0 Å². The maximum absolute atomic E-state index is 12.1. The molecule has 100 valence electrons. The monoisotopic (exact) mass is 287 g/mol. The van der Waals surface area contributed by atoms with Gasteiger partial charge >= 0.3 is 0 Å². The average Bonchev–Trinajstić information content (AvgIpc) is 3.03. The fourth-order valence-electron chi connectivity index (χ4n) is 1.97. The largest absolute Gasteiger partial charge is 0.268 e. The smallest absolute Gasteiger partial charge is 0.265 e. The number of amides is 1. The van der Waals surface area contributed by atoms with Crippen LogP contribution in [0.2, 0.25) is 0 Å². The first-order valence-corrected chi connectivity index (χ1v) is 8.30. The maximum atomic E-state index is 12.1. The molecule has 0 saturated heterocycles. The van der Waals surface area contributed by atoms with E-state index >= 15 is 0 Å². The van der Waals surface area contributed by atoms with Gasteiger partial charge in [0.2, 0.25) is 10.0 Å². The Morgan fingerprint density at radius 2 is 2.06 bits per heavy atom. The van der Waals surface area contributed by atoms with Gasteiger partial charge in [0, 0.05) is 10.3 Å². The minimum Gasteiger partial charge on any atom is -0.268 e. The van der Waals surface area contributed by atoms with Crippen molar-refractivity contribution in [3.05, 3.63) is 21.4 Å². The van der Waals surface area contributed by atoms with Gasteiger partial charge in [-0.25, -0.2) is 13.1 Å². The van der Waals surface area contributed by atoms with Crippen LogP contribution in [0.25, 0.3) is 0 Å². The standard InChI is InChI=1S/C12H17NO3S2/c1-4-12(5-6-12)18(15,16)13-11(14)10-7-17-9(3)8(10)2/h7H,4-6H2,1-3H3,(H,13,14). The quantitative estimate of drug-likeness (QED) is 0.924. The molecule has 1 fully saturated rings. The molecule has 1 amide bonds. The molecule has 6 heteroatoms. The summed E-state index contributed by atoms with van der Waals surface area (Å²) in [5.41, 5.74) is 1.32. The molecule has 0 spiro atoms. The van der Waals surface area contributed by atoms with Gasteiger partial charge in [-0.2, -0.15) is 0 Å². The third kappa shape index (κ3) is 2.07. The average molecular weight is 287 g/mol. The van der Waals surface area contributed by atoms with E-state index in [4.69, 9.17) is 0 Å². The summed E-state index contributed by atoms with van der Waals surface area (Å²) >= 11 is 1.46. The molecule has 1 aromatic heterocycles. The Kier molecular flexibility index (Phi) is 3.27. The van der Waals surface area contributed by atoms with Crippen molar-refractivity contribution in [2.75, 3.05) is 0 Å². The Hall–Kier alpha value is -0.880. The highest BCUT2D eigenvalue weighted by Crippen LogP contribution is 2.45. The van der Waals surface area contributed by atoms with Crippen molar-refractivity contribution in [2.45, 2.75) is 44.8 Å². The lowest BCUT2D eigenvalue weighted by Gasteiger charge is -2.14. The molecular weight excluding hydrogens is 270 g/mol. The molecule has 0 atom stereocenters. The van der Waals surface area contributed by atoms with Crippen molar-refractivity contribution in [1.29, 1.82) is 0 Å². The first-order valence-electron chi connectivity index (χ1n) is 5.94. The molecule has 4 nitrogen and oxygen atoms in total. The highest BCUT2D eigenvalue weighted by Gasteiger charge is 2.53. The van der Waals surface area contributed by atoms with Crippen LogP contribution in [0, 0.1) is 13.8 Å². The summed E-state index contributed by atoms with van der Waals surface area (Å²) in [4.78, 5) is 13.0. The molecule has 0 bridgehead atoms. The van der Waals surface area contributed by atoms with Crippen molar-refractivity contribution in [1.82, 2.24) is 4.72 Å².